The average molecular weight is 339 g/mol. The maximum atomic E-state index is 12.9. The summed E-state index contributed by atoms with van der Waals surface area (Å²) in [7, 11) is 1.94. The first-order valence-electron chi connectivity index (χ1n) is 9.03. The van der Waals surface area contributed by atoms with Crippen molar-refractivity contribution in [1.82, 2.24) is 14.7 Å². The van der Waals surface area contributed by atoms with Gasteiger partial charge in [-0.05, 0) is 43.9 Å². The fraction of sp³-hybridized carbons (Fsp3) is 0.500. The van der Waals surface area contributed by atoms with E-state index in [4.69, 9.17) is 4.74 Å². The maximum Gasteiger partial charge on any atom is 0.253 e. The van der Waals surface area contributed by atoms with Gasteiger partial charge in [0.15, 0.2) is 0 Å². The van der Waals surface area contributed by atoms with Crippen LogP contribution in [0, 0.1) is 6.92 Å². The highest BCUT2D eigenvalue weighted by molar-refractivity contribution is 5.94. The van der Waals surface area contributed by atoms with E-state index in [1.807, 2.05) is 54.0 Å². The molecule has 2 fully saturated rings. The summed E-state index contributed by atoms with van der Waals surface area (Å²) in [5, 5.41) is 4.28. The highest BCUT2D eigenvalue weighted by Gasteiger charge is 2.45. The largest absolute Gasteiger partial charge is 0.372 e. The molecule has 2 aliphatic rings. The lowest BCUT2D eigenvalue weighted by molar-refractivity contribution is -0.0447. The molecule has 2 atom stereocenters. The highest BCUT2D eigenvalue weighted by atomic mass is 16.5. The molecule has 2 aliphatic heterocycles. The van der Waals surface area contributed by atoms with E-state index in [1.54, 1.807) is 0 Å². The van der Waals surface area contributed by atoms with E-state index in [0.717, 1.165) is 43.5 Å². The fourth-order valence-electron chi connectivity index (χ4n) is 4.23. The van der Waals surface area contributed by atoms with Gasteiger partial charge >= 0.3 is 0 Å². The Morgan fingerprint density at radius 1 is 1.40 bits per heavy atom. The second-order valence-corrected chi connectivity index (χ2v) is 7.54. The minimum absolute atomic E-state index is 0.121. The molecule has 4 rings (SSSR count). The van der Waals surface area contributed by atoms with Crippen molar-refractivity contribution >= 4 is 5.91 Å². The summed E-state index contributed by atoms with van der Waals surface area (Å²) in [6.07, 6.45) is 7.01. The Balaban J connectivity index is 1.48. The number of nitrogens with zero attached hydrogens (tertiary/aromatic N) is 3. The lowest BCUT2D eigenvalue weighted by Gasteiger charge is -2.39. The molecule has 2 saturated heterocycles. The summed E-state index contributed by atoms with van der Waals surface area (Å²) < 4.78 is 8.11. The molecule has 1 aromatic carbocycles. The first-order valence-corrected chi connectivity index (χ1v) is 9.03. The summed E-state index contributed by atoms with van der Waals surface area (Å²) in [4.78, 5) is 14.9. The number of carbonyl (C=O) groups excluding carboxylic acids is 1. The van der Waals surface area contributed by atoms with E-state index in [0.29, 0.717) is 12.5 Å². The summed E-state index contributed by atoms with van der Waals surface area (Å²) >= 11 is 0. The second-order valence-electron chi connectivity index (χ2n) is 7.54. The van der Waals surface area contributed by atoms with Crippen LogP contribution in [0.4, 0.5) is 0 Å². The number of amides is 1. The fourth-order valence-corrected chi connectivity index (χ4v) is 4.23. The Morgan fingerprint density at radius 2 is 2.28 bits per heavy atom. The lowest BCUT2D eigenvalue weighted by Crippen LogP contribution is -2.50. The third-order valence-electron chi connectivity index (χ3n) is 5.50. The normalized spacial score (nSPS) is 26.3. The van der Waals surface area contributed by atoms with Gasteiger partial charge in [-0.2, -0.15) is 5.10 Å². The number of carbonyl (C=O) groups is 1. The molecule has 1 spiro atoms. The van der Waals surface area contributed by atoms with Gasteiger partial charge in [-0.15, -0.1) is 0 Å². The van der Waals surface area contributed by atoms with Crippen LogP contribution in [0.25, 0.3) is 0 Å². The molecule has 1 aromatic heterocycles. The molecule has 0 saturated carbocycles. The third kappa shape index (κ3) is 3.21. The Morgan fingerprint density at radius 3 is 3.04 bits per heavy atom. The van der Waals surface area contributed by atoms with Gasteiger partial charge in [-0.1, -0.05) is 17.7 Å². The van der Waals surface area contributed by atoms with Crippen molar-refractivity contribution in [2.75, 3.05) is 19.7 Å². The second kappa shape index (κ2) is 6.30. The molecule has 1 amide bonds. The molecule has 3 heterocycles. The van der Waals surface area contributed by atoms with Crippen LogP contribution < -0.4 is 0 Å². The number of rotatable bonds is 2. The van der Waals surface area contributed by atoms with Crippen molar-refractivity contribution in [3.63, 3.8) is 0 Å². The van der Waals surface area contributed by atoms with Gasteiger partial charge in [0.25, 0.3) is 5.91 Å². The van der Waals surface area contributed by atoms with Crippen molar-refractivity contribution in [3.05, 3.63) is 53.3 Å². The van der Waals surface area contributed by atoms with E-state index < -0.39 is 0 Å². The van der Waals surface area contributed by atoms with Crippen molar-refractivity contribution in [3.8, 4) is 0 Å². The zero-order valence-electron chi connectivity index (χ0n) is 14.9. The molecule has 5 heteroatoms. The SMILES string of the molecule is Cc1cccc(C(=O)N2CCC[C@@]3(C[C@@H](c4cnn(C)c4)CO3)C2)c1. The van der Waals surface area contributed by atoms with E-state index in [1.165, 1.54) is 5.56 Å². The van der Waals surface area contributed by atoms with Gasteiger partial charge in [0.2, 0.25) is 0 Å². The van der Waals surface area contributed by atoms with E-state index >= 15 is 0 Å². The number of hydrogen-bond acceptors (Lipinski definition) is 3. The van der Waals surface area contributed by atoms with Crippen molar-refractivity contribution < 1.29 is 9.53 Å². The molecule has 25 heavy (non-hydrogen) atoms. The van der Waals surface area contributed by atoms with Crippen molar-refractivity contribution in [2.45, 2.75) is 37.7 Å². The van der Waals surface area contributed by atoms with E-state index in [9.17, 15) is 4.79 Å². The Labute approximate surface area is 148 Å². The Kier molecular flexibility index (Phi) is 4.12. The topological polar surface area (TPSA) is 47.4 Å². The average Bonchev–Trinajstić information content (AvgIpc) is 3.21. The molecule has 0 bridgehead atoms. The number of aromatic nitrogens is 2. The number of aryl methyl sites for hydroxylation is 2. The Bertz CT molecular complexity index is 785. The quantitative estimate of drug-likeness (QED) is 0.845. The Hall–Kier alpha value is -2.14. The zero-order chi connectivity index (χ0) is 17.4. The van der Waals surface area contributed by atoms with Crippen molar-refractivity contribution in [1.29, 1.82) is 0 Å². The van der Waals surface area contributed by atoms with Gasteiger partial charge in [0.1, 0.15) is 0 Å². The van der Waals surface area contributed by atoms with Gasteiger partial charge in [-0.25, -0.2) is 0 Å². The van der Waals surface area contributed by atoms with Gasteiger partial charge in [0.05, 0.1) is 18.4 Å². The minimum atomic E-state index is -0.196. The number of piperidine rings is 1. The zero-order valence-corrected chi connectivity index (χ0v) is 14.9. The summed E-state index contributed by atoms with van der Waals surface area (Å²) in [6, 6.07) is 7.85. The van der Waals surface area contributed by atoms with E-state index in [-0.39, 0.29) is 11.5 Å². The van der Waals surface area contributed by atoms with Crippen LogP contribution in [0.2, 0.25) is 0 Å². The number of ether oxygens (including phenoxy) is 1. The molecule has 0 N–H and O–H groups in total. The molecule has 0 aliphatic carbocycles. The minimum Gasteiger partial charge on any atom is -0.372 e. The van der Waals surface area contributed by atoms with Crippen LogP contribution in [-0.2, 0) is 11.8 Å². The summed E-state index contributed by atoms with van der Waals surface area (Å²) in [6.45, 7) is 4.25. The number of benzene rings is 1. The van der Waals surface area contributed by atoms with Crippen LogP contribution in [0.15, 0.2) is 36.7 Å². The molecule has 0 radical (unpaired) electrons. The first-order chi connectivity index (χ1) is 12.0. The van der Waals surface area contributed by atoms with Crippen LogP contribution in [0.5, 0.6) is 0 Å². The standard InChI is InChI=1S/C20H25N3O2/c1-15-5-3-6-16(9-15)19(24)23-8-4-7-20(14-23)10-17(13-25-20)18-11-21-22(2)12-18/h3,5-6,9,11-12,17H,4,7-8,10,13-14H2,1-2H3/t17-,20-/m1/s1. The van der Waals surface area contributed by atoms with Crippen molar-refractivity contribution in [2.24, 2.45) is 7.05 Å². The van der Waals surface area contributed by atoms with Crippen LogP contribution in [-0.4, -0.2) is 45.9 Å². The maximum absolute atomic E-state index is 12.9. The summed E-state index contributed by atoms with van der Waals surface area (Å²) in [5.41, 5.74) is 2.94. The molecule has 2 aromatic rings. The molecule has 5 nitrogen and oxygen atoms in total. The van der Waals surface area contributed by atoms with Gasteiger partial charge < -0.3 is 9.64 Å². The number of hydrogen-bond donors (Lipinski definition) is 0. The lowest BCUT2D eigenvalue weighted by atomic mass is 9.84. The van der Waals surface area contributed by atoms with Gasteiger partial charge in [-0.3, -0.25) is 9.48 Å². The summed E-state index contributed by atoms with van der Waals surface area (Å²) in [5.74, 6) is 0.499. The van der Waals surface area contributed by atoms with Crippen LogP contribution in [0.1, 0.15) is 46.7 Å². The predicted molar refractivity (Wildman–Crippen MR) is 95.6 cm³/mol. The molecule has 0 unspecified atom stereocenters. The molecular weight excluding hydrogens is 314 g/mol. The molecule has 132 valence electrons. The predicted octanol–water partition coefficient (Wildman–Crippen LogP) is 2.91. The monoisotopic (exact) mass is 339 g/mol. The highest BCUT2D eigenvalue weighted by Crippen LogP contribution is 2.41. The van der Waals surface area contributed by atoms with Crippen LogP contribution >= 0.6 is 0 Å². The third-order valence-corrected chi connectivity index (χ3v) is 5.50. The smallest absolute Gasteiger partial charge is 0.253 e. The molecular formula is C20H25N3O2. The van der Waals surface area contributed by atoms with Gasteiger partial charge in [0, 0.05) is 37.8 Å². The first kappa shape index (κ1) is 16.3. The van der Waals surface area contributed by atoms with E-state index in [2.05, 4.69) is 11.3 Å². The van der Waals surface area contributed by atoms with Crippen LogP contribution in [0.3, 0.4) is 0 Å². The number of likely N-dealkylation sites (tertiary alicyclic amines) is 1.